The summed E-state index contributed by atoms with van der Waals surface area (Å²) in [4.78, 5) is 12.3. The van der Waals surface area contributed by atoms with Crippen LogP contribution in [0.4, 0.5) is 14.5 Å². The first-order valence-corrected chi connectivity index (χ1v) is 12.2. The second kappa shape index (κ2) is 8.59. The molecule has 2 fully saturated rings. The highest BCUT2D eigenvalue weighted by Crippen LogP contribution is 2.52. The first kappa shape index (κ1) is 24.0. The molecule has 1 amide bonds. The van der Waals surface area contributed by atoms with Crippen LogP contribution in [0.1, 0.15) is 29.6 Å². The van der Waals surface area contributed by atoms with Gasteiger partial charge in [-0.25, -0.2) is 17.2 Å². The van der Waals surface area contributed by atoms with E-state index in [1.807, 2.05) is 0 Å². The van der Waals surface area contributed by atoms with Crippen molar-refractivity contribution in [2.75, 3.05) is 11.9 Å². The number of nitrogens with one attached hydrogen (secondary N) is 1. The lowest BCUT2D eigenvalue weighted by Gasteiger charge is -2.41. The number of aliphatic hydroxyl groups excluding tert-OH is 2. The van der Waals surface area contributed by atoms with Crippen LogP contribution >= 0.6 is 11.6 Å². The quantitative estimate of drug-likeness (QED) is 0.499. The molecule has 178 valence electrons. The summed E-state index contributed by atoms with van der Waals surface area (Å²) in [5, 5.41) is 31.9. The second-order valence-electron chi connectivity index (χ2n) is 8.62. The Bertz CT molecular complexity index is 1210. The Balaban J connectivity index is 1.61. The lowest BCUT2D eigenvalue weighted by Crippen LogP contribution is -2.51. The van der Waals surface area contributed by atoms with Crippen LogP contribution in [-0.4, -0.2) is 53.2 Å². The Labute approximate surface area is 193 Å². The molecule has 11 heteroatoms. The fourth-order valence-electron chi connectivity index (χ4n) is 4.97. The van der Waals surface area contributed by atoms with Gasteiger partial charge in [-0.05, 0) is 55.5 Å². The van der Waals surface area contributed by atoms with Crippen LogP contribution in [0, 0.1) is 23.5 Å². The average Bonchev–Trinajstić information content (AvgIpc) is 2.89. The molecule has 0 aromatic heterocycles. The van der Waals surface area contributed by atoms with Gasteiger partial charge in [-0.3, -0.25) is 4.79 Å². The maximum absolute atomic E-state index is 13.4. The standard InChI is InChI=1S/C22H22ClF2NO6S/c23-16-3-1-11(21(29)26-13-2-4-17(24)18(25)8-13)5-20(16)33(31,32)14-6-12-7-19(28)15(9-14)22(12,30)10-27/h1-5,8,12,14-15,19,27-28,30H,6-7,9-10H2,(H,26,29)/t12?,14?,15-,19-,22-/m1/s1. The molecule has 0 aliphatic heterocycles. The van der Waals surface area contributed by atoms with Gasteiger partial charge in [-0.15, -0.1) is 0 Å². The molecule has 2 aliphatic carbocycles. The van der Waals surface area contributed by atoms with Crippen molar-refractivity contribution >= 4 is 33.0 Å². The van der Waals surface area contributed by atoms with Crippen LogP contribution in [0.3, 0.4) is 0 Å². The highest BCUT2D eigenvalue weighted by Gasteiger charge is 2.59. The SMILES string of the molecule is O=C(Nc1ccc(F)c(F)c1)c1ccc(Cl)c(S(=O)(=O)C2CC3C[C@@H](O)[C@@H](C2)[C@@]3(O)CO)c1. The van der Waals surface area contributed by atoms with Crippen molar-refractivity contribution in [1.29, 1.82) is 0 Å². The minimum Gasteiger partial charge on any atom is -0.393 e. The largest absolute Gasteiger partial charge is 0.393 e. The molecule has 0 heterocycles. The number of amides is 1. The molecular formula is C22H22ClF2NO6S. The Morgan fingerprint density at radius 3 is 2.48 bits per heavy atom. The Kier molecular flexibility index (Phi) is 6.25. The Hall–Kier alpha value is -2.11. The number of carbonyl (C=O) groups is 1. The second-order valence-corrected chi connectivity index (χ2v) is 11.2. The number of hydrogen-bond donors (Lipinski definition) is 4. The first-order chi connectivity index (χ1) is 15.5. The number of sulfone groups is 1. The minimum atomic E-state index is -4.07. The maximum atomic E-state index is 13.4. The molecule has 2 aromatic rings. The monoisotopic (exact) mass is 501 g/mol. The third-order valence-corrected chi connectivity index (χ3v) is 9.43. The summed E-state index contributed by atoms with van der Waals surface area (Å²) in [7, 11) is -4.07. The van der Waals surface area contributed by atoms with Gasteiger partial charge in [-0.1, -0.05) is 11.6 Å². The zero-order chi connectivity index (χ0) is 24.1. The number of fused-ring (bicyclic) bond motifs is 2. The summed E-state index contributed by atoms with van der Waals surface area (Å²) in [6.07, 6.45) is -0.804. The number of aliphatic hydroxyl groups is 3. The van der Waals surface area contributed by atoms with Crippen LogP contribution in [0.25, 0.3) is 0 Å². The number of anilines is 1. The predicted molar refractivity (Wildman–Crippen MR) is 116 cm³/mol. The average molecular weight is 502 g/mol. The van der Waals surface area contributed by atoms with E-state index in [0.29, 0.717) is 0 Å². The summed E-state index contributed by atoms with van der Waals surface area (Å²) in [6, 6.07) is 6.47. The summed E-state index contributed by atoms with van der Waals surface area (Å²) < 4.78 is 53.3. The normalized spacial score (nSPS) is 29.2. The van der Waals surface area contributed by atoms with E-state index in [2.05, 4.69) is 5.32 Å². The van der Waals surface area contributed by atoms with Crippen molar-refractivity contribution in [2.24, 2.45) is 11.8 Å². The summed E-state index contributed by atoms with van der Waals surface area (Å²) in [5.74, 6) is -4.38. The number of benzene rings is 2. The van der Waals surface area contributed by atoms with Gasteiger partial charge in [0.15, 0.2) is 21.5 Å². The van der Waals surface area contributed by atoms with Gasteiger partial charge in [0.25, 0.3) is 5.91 Å². The maximum Gasteiger partial charge on any atom is 0.255 e. The molecule has 5 atom stereocenters. The van der Waals surface area contributed by atoms with Gasteiger partial charge in [0.2, 0.25) is 0 Å². The number of carbonyl (C=O) groups excluding carboxylic acids is 1. The number of hydrogen-bond acceptors (Lipinski definition) is 6. The lowest BCUT2D eigenvalue weighted by molar-refractivity contribution is -0.106. The molecule has 0 saturated heterocycles. The van der Waals surface area contributed by atoms with Crippen molar-refractivity contribution < 1.29 is 37.3 Å². The lowest BCUT2D eigenvalue weighted by atomic mass is 9.74. The number of halogens is 3. The Morgan fingerprint density at radius 1 is 1.12 bits per heavy atom. The van der Waals surface area contributed by atoms with Crippen LogP contribution in [0.5, 0.6) is 0 Å². The molecular weight excluding hydrogens is 480 g/mol. The highest BCUT2D eigenvalue weighted by atomic mass is 35.5. The van der Waals surface area contributed by atoms with E-state index in [4.69, 9.17) is 11.6 Å². The third kappa shape index (κ3) is 4.15. The molecule has 33 heavy (non-hydrogen) atoms. The van der Waals surface area contributed by atoms with E-state index < -0.39 is 62.8 Å². The van der Waals surface area contributed by atoms with E-state index >= 15 is 0 Å². The first-order valence-electron chi connectivity index (χ1n) is 10.3. The third-order valence-electron chi connectivity index (χ3n) is 6.77. The molecule has 2 bridgehead atoms. The van der Waals surface area contributed by atoms with Crippen molar-refractivity contribution in [3.05, 3.63) is 58.6 Å². The van der Waals surface area contributed by atoms with Crippen LogP contribution in [0.2, 0.25) is 5.02 Å². The summed E-state index contributed by atoms with van der Waals surface area (Å²) in [5.41, 5.74) is -1.62. The summed E-state index contributed by atoms with van der Waals surface area (Å²) in [6.45, 7) is -0.577. The van der Waals surface area contributed by atoms with E-state index in [9.17, 15) is 37.3 Å². The molecule has 2 unspecified atom stereocenters. The molecule has 0 radical (unpaired) electrons. The van der Waals surface area contributed by atoms with Crippen LogP contribution < -0.4 is 5.32 Å². The van der Waals surface area contributed by atoms with E-state index in [1.165, 1.54) is 12.1 Å². The fourth-order valence-corrected chi connectivity index (χ4v) is 7.35. The van der Waals surface area contributed by atoms with Crippen molar-refractivity contribution in [3.63, 3.8) is 0 Å². The van der Waals surface area contributed by atoms with Crippen molar-refractivity contribution in [2.45, 2.75) is 41.1 Å². The van der Waals surface area contributed by atoms with Gasteiger partial charge in [-0.2, -0.15) is 0 Å². The zero-order valence-corrected chi connectivity index (χ0v) is 18.8. The molecule has 4 N–H and O–H groups in total. The topological polar surface area (TPSA) is 124 Å². The van der Waals surface area contributed by atoms with Crippen LogP contribution in [0.15, 0.2) is 41.3 Å². The van der Waals surface area contributed by atoms with Gasteiger partial charge in [0.05, 0.1) is 33.5 Å². The van der Waals surface area contributed by atoms with Gasteiger partial charge in [0, 0.05) is 23.2 Å². The molecule has 0 spiro atoms. The van der Waals surface area contributed by atoms with Crippen LogP contribution in [-0.2, 0) is 9.84 Å². The highest BCUT2D eigenvalue weighted by molar-refractivity contribution is 7.92. The van der Waals surface area contributed by atoms with Gasteiger partial charge < -0.3 is 20.6 Å². The molecule has 2 aliphatic rings. The smallest absolute Gasteiger partial charge is 0.255 e. The molecule has 2 saturated carbocycles. The van der Waals surface area contributed by atoms with E-state index in [1.54, 1.807) is 0 Å². The Morgan fingerprint density at radius 2 is 1.85 bits per heavy atom. The van der Waals surface area contributed by atoms with E-state index in [0.717, 1.165) is 24.3 Å². The molecule has 4 rings (SSSR count). The van der Waals surface area contributed by atoms with Crippen molar-refractivity contribution in [3.8, 4) is 0 Å². The van der Waals surface area contributed by atoms with Gasteiger partial charge >= 0.3 is 0 Å². The molecule has 2 aromatic carbocycles. The summed E-state index contributed by atoms with van der Waals surface area (Å²) >= 11 is 6.16. The zero-order valence-electron chi connectivity index (χ0n) is 17.2. The molecule has 7 nitrogen and oxygen atoms in total. The van der Waals surface area contributed by atoms with E-state index in [-0.39, 0.29) is 40.4 Å². The minimum absolute atomic E-state index is 0.0145. The number of rotatable bonds is 5. The fraction of sp³-hybridized carbons (Fsp3) is 0.409. The van der Waals surface area contributed by atoms with Gasteiger partial charge in [0.1, 0.15) is 0 Å². The van der Waals surface area contributed by atoms with Crippen molar-refractivity contribution in [1.82, 2.24) is 0 Å². The predicted octanol–water partition coefficient (Wildman–Crippen LogP) is 2.53.